The van der Waals surface area contributed by atoms with Gasteiger partial charge in [0, 0.05) is 27.2 Å². The fourth-order valence-corrected chi connectivity index (χ4v) is 2.61. The molecule has 26 heavy (non-hydrogen) atoms. The van der Waals surface area contributed by atoms with Crippen molar-refractivity contribution >= 4 is 29.9 Å². The lowest BCUT2D eigenvalue weighted by Crippen LogP contribution is -2.40. The number of aromatic amines is 1. The van der Waals surface area contributed by atoms with E-state index >= 15 is 0 Å². The molecule has 0 aliphatic heterocycles. The first-order valence-corrected chi connectivity index (χ1v) is 8.85. The summed E-state index contributed by atoms with van der Waals surface area (Å²) in [5.41, 5.74) is 2.16. The lowest BCUT2D eigenvalue weighted by Gasteiger charge is -2.21. The molecule has 0 atom stereocenters. The van der Waals surface area contributed by atoms with Crippen molar-refractivity contribution in [2.24, 2.45) is 10.9 Å². The molecule has 1 saturated carbocycles. The highest BCUT2D eigenvalue weighted by atomic mass is 127. The first-order valence-electron chi connectivity index (χ1n) is 8.85. The molecule has 0 unspecified atom stereocenters. The molecule has 1 aromatic carbocycles. The smallest absolute Gasteiger partial charge is 0.193 e. The Bertz CT molecular complexity index is 684. The Labute approximate surface area is 172 Å². The summed E-state index contributed by atoms with van der Waals surface area (Å²) >= 11 is 0. The van der Waals surface area contributed by atoms with Crippen molar-refractivity contribution < 1.29 is 4.74 Å². The quantitative estimate of drug-likeness (QED) is 0.270. The molecule has 0 saturated heterocycles. The van der Waals surface area contributed by atoms with E-state index < -0.39 is 0 Å². The van der Waals surface area contributed by atoms with Gasteiger partial charge in [0.1, 0.15) is 5.82 Å². The van der Waals surface area contributed by atoms with Gasteiger partial charge in [0.25, 0.3) is 0 Å². The highest BCUT2D eigenvalue weighted by Gasteiger charge is 2.21. The molecule has 0 amide bonds. The van der Waals surface area contributed by atoms with Crippen molar-refractivity contribution in [1.29, 1.82) is 0 Å². The maximum atomic E-state index is 5.70. The summed E-state index contributed by atoms with van der Waals surface area (Å²) in [4.78, 5) is 14.2. The highest BCUT2D eigenvalue weighted by molar-refractivity contribution is 14.0. The second-order valence-corrected chi connectivity index (χ2v) is 6.45. The minimum absolute atomic E-state index is 0. The van der Waals surface area contributed by atoms with Crippen LogP contribution < -0.4 is 5.32 Å². The van der Waals surface area contributed by atoms with Gasteiger partial charge in [-0.25, -0.2) is 4.98 Å². The van der Waals surface area contributed by atoms with Crippen LogP contribution in [0.4, 0.5) is 0 Å². The van der Waals surface area contributed by atoms with Gasteiger partial charge in [0.15, 0.2) is 5.96 Å². The molecule has 2 N–H and O–H groups in total. The van der Waals surface area contributed by atoms with Gasteiger partial charge in [-0.15, -0.1) is 24.0 Å². The summed E-state index contributed by atoms with van der Waals surface area (Å²) in [6, 6.07) is 10.2. The van der Waals surface area contributed by atoms with Crippen LogP contribution in [-0.4, -0.2) is 54.7 Å². The zero-order valence-corrected chi connectivity index (χ0v) is 17.8. The molecule has 1 heterocycles. The van der Waals surface area contributed by atoms with Crippen molar-refractivity contribution in [3.63, 3.8) is 0 Å². The van der Waals surface area contributed by atoms with Gasteiger partial charge in [-0.3, -0.25) is 4.99 Å². The van der Waals surface area contributed by atoms with Crippen LogP contribution >= 0.6 is 24.0 Å². The molecule has 2 aromatic rings. The van der Waals surface area contributed by atoms with Crippen molar-refractivity contribution in [2.45, 2.75) is 19.4 Å². The lowest BCUT2D eigenvalue weighted by molar-refractivity contribution is 0.115. The molecule has 0 spiro atoms. The van der Waals surface area contributed by atoms with Crippen LogP contribution in [0.1, 0.15) is 18.7 Å². The van der Waals surface area contributed by atoms with Gasteiger partial charge in [0.05, 0.1) is 25.0 Å². The number of guanidine groups is 1. The molecule has 1 aliphatic carbocycles. The first kappa shape index (κ1) is 20.7. The maximum absolute atomic E-state index is 5.70. The normalized spacial score (nSPS) is 14.0. The van der Waals surface area contributed by atoms with Gasteiger partial charge in [0.2, 0.25) is 0 Å². The molecule has 0 radical (unpaired) electrons. The van der Waals surface area contributed by atoms with Gasteiger partial charge in [-0.1, -0.05) is 30.3 Å². The summed E-state index contributed by atoms with van der Waals surface area (Å²) < 4.78 is 5.70. The topological polar surface area (TPSA) is 65.5 Å². The summed E-state index contributed by atoms with van der Waals surface area (Å²) in [5, 5.41) is 3.34. The third-order valence-corrected chi connectivity index (χ3v) is 4.32. The molecule has 142 valence electrons. The van der Waals surface area contributed by atoms with Crippen molar-refractivity contribution in [2.75, 3.05) is 33.9 Å². The van der Waals surface area contributed by atoms with Crippen molar-refractivity contribution in [1.82, 2.24) is 20.2 Å². The molecule has 0 bridgehead atoms. The lowest BCUT2D eigenvalue weighted by atomic mass is 10.2. The number of nitrogens with one attached hydrogen (secondary N) is 2. The number of benzene rings is 1. The number of aliphatic imine (C=N–C) groups is 1. The Balaban J connectivity index is 0.00000243. The van der Waals surface area contributed by atoms with Crippen molar-refractivity contribution in [3.8, 4) is 11.3 Å². The summed E-state index contributed by atoms with van der Waals surface area (Å²) in [5.74, 6) is 2.53. The fourth-order valence-electron chi connectivity index (χ4n) is 2.61. The van der Waals surface area contributed by atoms with E-state index in [2.05, 4.69) is 37.3 Å². The fraction of sp³-hybridized carbons (Fsp3) is 0.474. The molecule has 1 fully saturated rings. The van der Waals surface area contributed by atoms with E-state index in [1.54, 1.807) is 7.05 Å². The minimum Gasteiger partial charge on any atom is -0.379 e. The number of rotatable bonds is 8. The van der Waals surface area contributed by atoms with Gasteiger partial charge >= 0.3 is 0 Å². The molecular formula is C19H28IN5O. The Morgan fingerprint density at radius 2 is 2.12 bits per heavy atom. The third-order valence-electron chi connectivity index (χ3n) is 4.32. The van der Waals surface area contributed by atoms with E-state index in [0.29, 0.717) is 6.54 Å². The average molecular weight is 469 g/mol. The first-order chi connectivity index (χ1) is 12.3. The number of ether oxygens (including phenoxy) is 1. The van der Waals surface area contributed by atoms with Crippen LogP contribution in [0, 0.1) is 5.92 Å². The van der Waals surface area contributed by atoms with E-state index in [-0.39, 0.29) is 24.0 Å². The van der Waals surface area contributed by atoms with E-state index in [1.165, 1.54) is 12.8 Å². The van der Waals surface area contributed by atoms with E-state index in [4.69, 9.17) is 4.74 Å². The molecule has 1 aromatic heterocycles. The number of halogens is 1. The number of nitrogens with zero attached hydrogens (tertiary/aromatic N) is 3. The molecular weight excluding hydrogens is 441 g/mol. The van der Waals surface area contributed by atoms with Crippen LogP contribution in [0.15, 0.2) is 41.5 Å². The maximum Gasteiger partial charge on any atom is 0.193 e. The minimum atomic E-state index is 0. The van der Waals surface area contributed by atoms with Gasteiger partial charge in [-0.05, 0) is 24.3 Å². The summed E-state index contributed by atoms with van der Waals surface area (Å²) in [6.07, 6.45) is 4.52. The second-order valence-electron chi connectivity index (χ2n) is 6.45. The molecule has 6 nitrogen and oxygen atoms in total. The molecule has 1 aliphatic rings. The highest BCUT2D eigenvalue weighted by Crippen LogP contribution is 2.28. The van der Waals surface area contributed by atoms with Crippen LogP contribution in [0.5, 0.6) is 0 Å². The van der Waals surface area contributed by atoms with Crippen LogP contribution in [-0.2, 0) is 11.3 Å². The Morgan fingerprint density at radius 3 is 2.81 bits per heavy atom. The second kappa shape index (κ2) is 10.5. The van der Waals surface area contributed by atoms with Crippen LogP contribution in [0.2, 0.25) is 0 Å². The molecule has 7 heteroatoms. The Hall–Kier alpha value is -1.61. The standard InChI is InChI=1S/C19H27N5O.HI/c1-20-19(24(2)10-11-25-14-15-8-9-15)22-13-18-21-12-17(23-18)16-6-4-3-5-7-16;/h3-7,12,15H,8-11,13-14H2,1-2H3,(H,20,22)(H,21,23);1H. The predicted octanol–water partition coefficient (Wildman–Crippen LogP) is 3.13. The van der Waals surface area contributed by atoms with E-state index in [0.717, 1.165) is 48.7 Å². The van der Waals surface area contributed by atoms with E-state index in [9.17, 15) is 0 Å². The Morgan fingerprint density at radius 1 is 1.35 bits per heavy atom. The SMILES string of the molecule is CN=C(NCc1ncc(-c2ccccc2)[nH]1)N(C)CCOCC1CC1.I. The largest absolute Gasteiger partial charge is 0.379 e. The number of imidazole rings is 1. The third kappa shape index (κ3) is 6.28. The van der Waals surface area contributed by atoms with Gasteiger partial charge < -0.3 is 19.9 Å². The van der Waals surface area contributed by atoms with Crippen LogP contribution in [0.25, 0.3) is 11.3 Å². The Kier molecular flexibility index (Phi) is 8.37. The van der Waals surface area contributed by atoms with Crippen molar-refractivity contribution in [3.05, 3.63) is 42.4 Å². The number of likely N-dealkylation sites (N-methyl/N-ethyl adjacent to an activating group) is 1. The van der Waals surface area contributed by atoms with Gasteiger partial charge in [-0.2, -0.15) is 0 Å². The molecule has 3 rings (SSSR count). The monoisotopic (exact) mass is 469 g/mol. The summed E-state index contributed by atoms with van der Waals surface area (Å²) in [7, 11) is 3.81. The zero-order valence-electron chi connectivity index (χ0n) is 15.4. The number of aromatic nitrogens is 2. The zero-order chi connectivity index (χ0) is 17.5. The number of hydrogen-bond donors (Lipinski definition) is 2. The number of H-pyrrole nitrogens is 1. The van der Waals surface area contributed by atoms with Crippen LogP contribution in [0.3, 0.4) is 0 Å². The average Bonchev–Trinajstić information content (AvgIpc) is 3.35. The van der Waals surface area contributed by atoms with E-state index in [1.807, 2.05) is 31.4 Å². The number of hydrogen-bond acceptors (Lipinski definition) is 3. The predicted molar refractivity (Wildman–Crippen MR) is 116 cm³/mol. The summed E-state index contributed by atoms with van der Waals surface area (Å²) in [6.45, 7) is 3.05.